The molecule has 26 heavy (non-hydrogen) atoms. The van der Waals surface area contributed by atoms with Crippen molar-refractivity contribution in [1.82, 2.24) is 3.97 Å². The van der Waals surface area contributed by atoms with Gasteiger partial charge in [0.25, 0.3) is 20.0 Å². The minimum Gasteiger partial charge on any atom is -0.497 e. The Morgan fingerprint density at radius 1 is 0.846 bits per heavy atom. The summed E-state index contributed by atoms with van der Waals surface area (Å²) in [5.41, 5.74) is 0.337. The number of rotatable bonds is 6. The maximum absolute atomic E-state index is 12.5. The monoisotopic (exact) mass is 392 g/mol. The van der Waals surface area contributed by atoms with Gasteiger partial charge in [0.15, 0.2) is 0 Å². The van der Waals surface area contributed by atoms with Crippen molar-refractivity contribution in [2.45, 2.75) is 9.79 Å². The summed E-state index contributed by atoms with van der Waals surface area (Å²) in [5.74, 6) is 0.591. The summed E-state index contributed by atoms with van der Waals surface area (Å²) in [7, 11) is -6.27. The molecule has 0 spiro atoms. The molecule has 7 nitrogen and oxygen atoms in total. The van der Waals surface area contributed by atoms with Crippen molar-refractivity contribution in [3.63, 3.8) is 0 Å². The van der Waals surface area contributed by atoms with E-state index >= 15 is 0 Å². The van der Waals surface area contributed by atoms with E-state index < -0.39 is 20.0 Å². The zero-order valence-electron chi connectivity index (χ0n) is 13.7. The molecule has 3 aromatic rings. The first-order chi connectivity index (χ1) is 12.3. The Morgan fingerprint density at radius 3 is 2.12 bits per heavy atom. The Balaban J connectivity index is 1.88. The summed E-state index contributed by atoms with van der Waals surface area (Å²) in [6.45, 7) is 0. The Bertz CT molecular complexity index is 1100. The SMILES string of the molecule is COc1ccc(NS(=O)(=O)c2ccn(S(=O)(=O)c3ccccc3)c2)cc1. The fourth-order valence-electron chi connectivity index (χ4n) is 2.25. The van der Waals surface area contributed by atoms with E-state index in [0.29, 0.717) is 11.4 Å². The van der Waals surface area contributed by atoms with Crippen molar-refractivity contribution < 1.29 is 21.6 Å². The zero-order valence-corrected chi connectivity index (χ0v) is 15.4. The van der Waals surface area contributed by atoms with Crippen LogP contribution < -0.4 is 9.46 Å². The van der Waals surface area contributed by atoms with Crippen LogP contribution in [-0.2, 0) is 20.0 Å². The molecule has 136 valence electrons. The molecule has 0 aliphatic carbocycles. The highest BCUT2D eigenvalue weighted by atomic mass is 32.2. The van der Waals surface area contributed by atoms with E-state index in [0.717, 1.165) is 10.2 Å². The average molecular weight is 392 g/mol. The molecule has 0 aliphatic rings. The number of hydrogen-bond acceptors (Lipinski definition) is 5. The van der Waals surface area contributed by atoms with Gasteiger partial charge in [-0.2, -0.15) is 0 Å². The third kappa shape index (κ3) is 3.58. The van der Waals surface area contributed by atoms with Gasteiger partial charge < -0.3 is 4.74 Å². The third-order valence-electron chi connectivity index (χ3n) is 3.61. The fraction of sp³-hybridized carbons (Fsp3) is 0.0588. The van der Waals surface area contributed by atoms with E-state index in [9.17, 15) is 16.8 Å². The van der Waals surface area contributed by atoms with E-state index in [4.69, 9.17) is 4.74 Å². The summed E-state index contributed by atoms with van der Waals surface area (Å²) in [5, 5.41) is 0. The van der Waals surface area contributed by atoms with E-state index in [-0.39, 0.29) is 9.79 Å². The van der Waals surface area contributed by atoms with Crippen LogP contribution >= 0.6 is 0 Å². The Hall–Kier alpha value is -2.78. The van der Waals surface area contributed by atoms with Crippen LogP contribution in [0, 0.1) is 0 Å². The van der Waals surface area contributed by atoms with Gasteiger partial charge in [0.05, 0.1) is 12.0 Å². The molecule has 0 aliphatic heterocycles. The van der Waals surface area contributed by atoms with Gasteiger partial charge in [-0.15, -0.1) is 0 Å². The summed E-state index contributed by atoms with van der Waals surface area (Å²) in [6, 6.07) is 15.3. The molecule has 3 rings (SSSR count). The van der Waals surface area contributed by atoms with Gasteiger partial charge in [-0.3, -0.25) is 4.72 Å². The van der Waals surface area contributed by atoms with Gasteiger partial charge in [0.1, 0.15) is 10.6 Å². The lowest BCUT2D eigenvalue weighted by Gasteiger charge is -2.08. The molecule has 0 radical (unpaired) electrons. The highest BCUT2D eigenvalue weighted by molar-refractivity contribution is 7.93. The number of methoxy groups -OCH3 is 1. The van der Waals surface area contributed by atoms with Crippen molar-refractivity contribution in [2.75, 3.05) is 11.8 Å². The summed E-state index contributed by atoms with van der Waals surface area (Å²) in [4.78, 5) is -0.0875. The van der Waals surface area contributed by atoms with Crippen LogP contribution in [0.2, 0.25) is 0 Å². The molecular weight excluding hydrogens is 376 g/mol. The summed E-state index contributed by atoms with van der Waals surface area (Å²) >= 11 is 0. The van der Waals surface area contributed by atoms with E-state index in [1.807, 2.05) is 0 Å². The van der Waals surface area contributed by atoms with Gasteiger partial charge in [0, 0.05) is 18.1 Å². The minimum absolute atomic E-state index is 0.0719. The first-order valence-corrected chi connectivity index (χ1v) is 10.4. The molecule has 2 aromatic carbocycles. The second kappa shape index (κ2) is 6.85. The van der Waals surface area contributed by atoms with Crippen molar-refractivity contribution in [1.29, 1.82) is 0 Å². The van der Waals surface area contributed by atoms with Gasteiger partial charge in [-0.1, -0.05) is 18.2 Å². The van der Waals surface area contributed by atoms with Crippen LogP contribution in [0.4, 0.5) is 5.69 Å². The first-order valence-electron chi connectivity index (χ1n) is 7.48. The molecule has 1 N–H and O–H groups in total. The van der Waals surface area contributed by atoms with E-state index in [2.05, 4.69) is 4.72 Å². The number of ether oxygens (including phenoxy) is 1. The zero-order chi connectivity index (χ0) is 18.8. The van der Waals surface area contributed by atoms with Crippen molar-refractivity contribution in [2.24, 2.45) is 0 Å². The predicted molar refractivity (Wildman–Crippen MR) is 97.3 cm³/mol. The molecule has 0 amide bonds. The number of aromatic nitrogens is 1. The number of nitrogens with zero attached hydrogens (tertiary/aromatic N) is 1. The molecule has 1 heterocycles. The topological polar surface area (TPSA) is 94.5 Å². The number of anilines is 1. The smallest absolute Gasteiger partial charge is 0.267 e. The van der Waals surface area contributed by atoms with E-state index in [1.54, 1.807) is 42.5 Å². The lowest BCUT2D eigenvalue weighted by Crippen LogP contribution is -2.14. The van der Waals surface area contributed by atoms with Crippen molar-refractivity contribution in [3.8, 4) is 5.75 Å². The second-order valence-electron chi connectivity index (χ2n) is 5.33. The van der Waals surface area contributed by atoms with Crippen LogP contribution in [0.25, 0.3) is 0 Å². The molecule has 0 saturated heterocycles. The number of sulfonamides is 1. The lowest BCUT2D eigenvalue weighted by molar-refractivity contribution is 0.415. The quantitative estimate of drug-likeness (QED) is 0.696. The Kier molecular flexibility index (Phi) is 4.75. The van der Waals surface area contributed by atoms with Crippen molar-refractivity contribution >= 4 is 25.7 Å². The average Bonchev–Trinajstić information content (AvgIpc) is 3.15. The maximum atomic E-state index is 12.5. The van der Waals surface area contributed by atoms with Crippen molar-refractivity contribution in [3.05, 3.63) is 73.1 Å². The molecule has 0 unspecified atom stereocenters. The standard InChI is InChI=1S/C17H16N2O5S2/c1-24-15-9-7-14(8-10-15)18-25(20,21)17-11-12-19(13-17)26(22,23)16-5-3-2-4-6-16/h2-13,18H,1H3. The van der Waals surface area contributed by atoms with Crippen LogP contribution in [-0.4, -0.2) is 27.9 Å². The maximum Gasteiger partial charge on any atom is 0.267 e. The highest BCUT2D eigenvalue weighted by Gasteiger charge is 2.21. The van der Waals surface area contributed by atoms with Crippen LogP contribution in [0.3, 0.4) is 0 Å². The Labute approximate surface area is 152 Å². The van der Waals surface area contributed by atoms with E-state index in [1.165, 1.54) is 31.5 Å². The lowest BCUT2D eigenvalue weighted by atomic mass is 10.3. The molecule has 0 fully saturated rings. The van der Waals surface area contributed by atoms with Crippen LogP contribution in [0.5, 0.6) is 5.75 Å². The van der Waals surface area contributed by atoms with Gasteiger partial charge in [0.2, 0.25) is 0 Å². The Morgan fingerprint density at radius 2 is 1.50 bits per heavy atom. The van der Waals surface area contributed by atoms with Crippen LogP contribution in [0.1, 0.15) is 0 Å². The number of nitrogens with one attached hydrogen (secondary N) is 1. The predicted octanol–water partition coefficient (Wildman–Crippen LogP) is 2.53. The largest absolute Gasteiger partial charge is 0.497 e. The molecule has 0 atom stereocenters. The molecule has 9 heteroatoms. The third-order valence-corrected chi connectivity index (χ3v) is 6.63. The molecular formula is C17H16N2O5S2. The van der Waals surface area contributed by atoms with Gasteiger partial charge in [-0.25, -0.2) is 20.8 Å². The molecule has 1 aromatic heterocycles. The number of benzene rings is 2. The molecule has 0 saturated carbocycles. The fourth-order valence-corrected chi connectivity index (χ4v) is 4.60. The van der Waals surface area contributed by atoms with Crippen LogP contribution in [0.15, 0.2) is 82.8 Å². The normalized spacial score (nSPS) is 11.9. The van der Waals surface area contributed by atoms with Gasteiger partial charge >= 0.3 is 0 Å². The first kappa shape index (κ1) is 18.0. The second-order valence-corrected chi connectivity index (χ2v) is 8.85. The summed E-state index contributed by atoms with van der Waals surface area (Å²) in [6.07, 6.45) is 2.26. The minimum atomic E-state index is -3.93. The molecule has 0 bridgehead atoms. The van der Waals surface area contributed by atoms with Gasteiger partial charge in [-0.05, 0) is 42.5 Å². The summed E-state index contributed by atoms with van der Waals surface area (Å²) < 4.78 is 58.3. The highest BCUT2D eigenvalue weighted by Crippen LogP contribution is 2.21. The number of hydrogen-bond donors (Lipinski definition) is 1.